The third-order valence-corrected chi connectivity index (χ3v) is 5.08. The summed E-state index contributed by atoms with van der Waals surface area (Å²) in [5.41, 5.74) is 2.88. The highest BCUT2D eigenvalue weighted by atomic mass is 32.2. The van der Waals surface area contributed by atoms with Crippen LogP contribution in [-0.2, 0) is 0 Å². The van der Waals surface area contributed by atoms with Crippen molar-refractivity contribution in [3.05, 3.63) is 46.5 Å². The van der Waals surface area contributed by atoms with Crippen LogP contribution in [0.3, 0.4) is 0 Å². The number of aromatic nitrogens is 3. The lowest BCUT2D eigenvalue weighted by atomic mass is 10.3. The quantitative estimate of drug-likeness (QED) is 0.675. The van der Waals surface area contributed by atoms with Crippen LogP contribution in [0.25, 0.3) is 11.0 Å². The van der Waals surface area contributed by atoms with Gasteiger partial charge in [0.2, 0.25) is 0 Å². The van der Waals surface area contributed by atoms with E-state index in [0.717, 1.165) is 26.8 Å². The Labute approximate surface area is 120 Å². The van der Waals surface area contributed by atoms with Crippen LogP contribution in [0.5, 0.6) is 0 Å². The van der Waals surface area contributed by atoms with Crippen LogP contribution in [0.1, 0.15) is 22.9 Å². The summed E-state index contributed by atoms with van der Waals surface area (Å²) in [5, 5.41) is 4.42. The highest BCUT2D eigenvalue weighted by molar-refractivity contribution is 7.99. The Kier molecular flexibility index (Phi) is 3.48. The van der Waals surface area contributed by atoms with E-state index in [1.54, 1.807) is 23.1 Å². The average molecular weight is 287 g/mol. The number of nitrogens with zero attached hydrogens (tertiary/aromatic N) is 3. The Morgan fingerprint density at radius 2 is 1.89 bits per heavy atom. The van der Waals surface area contributed by atoms with Gasteiger partial charge in [0.1, 0.15) is 10.0 Å². The molecule has 0 saturated heterocycles. The van der Waals surface area contributed by atoms with E-state index in [4.69, 9.17) is 4.98 Å². The second kappa shape index (κ2) is 5.27. The Morgan fingerprint density at radius 3 is 2.58 bits per heavy atom. The van der Waals surface area contributed by atoms with Crippen molar-refractivity contribution in [3.8, 4) is 0 Å². The van der Waals surface area contributed by atoms with Crippen molar-refractivity contribution in [3.63, 3.8) is 0 Å². The van der Waals surface area contributed by atoms with Crippen LogP contribution in [0, 0.1) is 6.92 Å². The van der Waals surface area contributed by atoms with E-state index in [1.165, 1.54) is 0 Å². The normalized spacial score (nSPS) is 12.7. The van der Waals surface area contributed by atoms with Crippen LogP contribution in [0.2, 0.25) is 0 Å². The fourth-order valence-corrected chi connectivity index (χ4v) is 3.59. The molecule has 0 bridgehead atoms. The first kappa shape index (κ1) is 12.6. The molecule has 5 heteroatoms. The molecule has 0 aliphatic carbocycles. The van der Waals surface area contributed by atoms with Gasteiger partial charge in [-0.25, -0.2) is 15.0 Å². The van der Waals surface area contributed by atoms with E-state index in [0.29, 0.717) is 5.25 Å². The molecular weight excluding hydrogens is 274 g/mol. The van der Waals surface area contributed by atoms with Gasteiger partial charge >= 0.3 is 0 Å². The molecular formula is C14H13N3S2. The molecule has 0 fully saturated rings. The SMILES string of the molecule is Cc1nc2ccccc2nc1S[C@@H](C)c1nccs1. The molecule has 3 rings (SSSR count). The summed E-state index contributed by atoms with van der Waals surface area (Å²) in [6, 6.07) is 7.97. The zero-order chi connectivity index (χ0) is 13.2. The average Bonchev–Trinajstić information content (AvgIpc) is 2.93. The van der Waals surface area contributed by atoms with E-state index in [9.17, 15) is 0 Å². The number of hydrogen-bond donors (Lipinski definition) is 0. The van der Waals surface area contributed by atoms with Crippen molar-refractivity contribution in [2.75, 3.05) is 0 Å². The number of para-hydroxylation sites is 2. The third-order valence-electron chi connectivity index (χ3n) is 2.79. The van der Waals surface area contributed by atoms with Crippen LogP contribution in [0.4, 0.5) is 0 Å². The van der Waals surface area contributed by atoms with Crippen molar-refractivity contribution in [2.45, 2.75) is 24.1 Å². The molecule has 2 aromatic heterocycles. The maximum atomic E-state index is 4.70. The van der Waals surface area contributed by atoms with Gasteiger partial charge in [-0.1, -0.05) is 23.9 Å². The second-order valence-corrected chi connectivity index (χ2v) is 6.49. The van der Waals surface area contributed by atoms with E-state index in [-0.39, 0.29) is 0 Å². The van der Waals surface area contributed by atoms with Crippen LogP contribution in [0.15, 0.2) is 40.9 Å². The zero-order valence-corrected chi connectivity index (χ0v) is 12.3. The van der Waals surface area contributed by atoms with Gasteiger partial charge in [0.15, 0.2) is 0 Å². The molecule has 0 aliphatic rings. The molecule has 0 radical (unpaired) electrons. The van der Waals surface area contributed by atoms with E-state index in [2.05, 4.69) is 16.9 Å². The number of fused-ring (bicyclic) bond motifs is 1. The molecule has 1 aromatic carbocycles. The molecule has 0 N–H and O–H groups in total. The largest absolute Gasteiger partial charge is 0.249 e. The molecule has 0 aliphatic heterocycles. The van der Waals surface area contributed by atoms with Gasteiger partial charge in [0.05, 0.1) is 22.0 Å². The highest BCUT2D eigenvalue weighted by Crippen LogP contribution is 2.36. The Balaban J connectivity index is 1.94. The topological polar surface area (TPSA) is 38.7 Å². The number of thioether (sulfide) groups is 1. The molecule has 0 spiro atoms. The molecule has 0 saturated carbocycles. The van der Waals surface area contributed by atoms with Crippen molar-refractivity contribution < 1.29 is 0 Å². The third kappa shape index (κ3) is 2.62. The van der Waals surface area contributed by atoms with E-state index < -0.39 is 0 Å². The van der Waals surface area contributed by atoms with Crippen molar-refractivity contribution in [1.29, 1.82) is 0 Å². The van der Waals surface area contributed by atoms with Gasteiger partial charge in [-0.05, 0) is 26.0 Å². The van der Waals surface area contributed by atoms with E-state index in [1.807, 2.05) is 42.8 Å². The minimum Gasteiger partial charge on any atom is -0.249 e. The summed E-state index contributed by atoms with van der Waals surface area (Å²) < 4.78 is 0. The number of rotatable bonds is 3. The van der Waals surface area contributed by atoms with Gasteiger partial charge in [0.25, 0.3) is 0 Å². The fraction of sp³-hybridized carbons (Fsp3) is 0.214. The first-order chi connectivity index (χ1) is 9.24. The lowest BCUT2D eigenvalue weighted by Gasteiger charge is -2.10. The second-order valence-electron chi connectivity index (χ2n) is 4.23. The Hall–Kier alpha value is -1.46. The van der Waals surface area contributed by atoms with Crippen molar-refractivity contribution in [2.24, 2.45) is 0 Å². The van der Waals surface area contributed by atoms with Gasteiger partial charge in [-0.2, -0.15) is 0 Å². The monoisotopic (exact) mass is 287 g/mol. The molecule has 96 valence electrons. The first-order valence-corrected chi connectivity index (χ1v) is 7.79. The minimum atomic E-state index is 0.300. The first-order valence-electron chi connectivity index (χ1n) is 6.03. The van der Waals surface area contributed by atoms with Gasteiger partial charge < -0.3 is 0 Å². The summed E-state index contributed by atoms with van der Waals surface area (Å²) in [6.07, 6.45) is 1.84. The Bertz CT molecular complexity index is 695. The molecule has 0 amide bonds. The molecule has 3 aromatic rings. The number of benzene rings is 1. The predicted molar refractivity (Wildman–Crippen MR) is 80.7 cm³/mol. The maximum Gasteiger partial charge on any atom is 0.119 e. The smallest absolute Gasteiger partial charge is 0.119 e. The summed E-state index contributed by atoms with van der Waals surface area (Å²) in [7, 11) is 0. The Morgan fingerprint density at radius 1 is 1.16 bits per heavy atom. The summed E-state index contributed by atoms with van der Waals surface area (Å²) >= 11 is 3.40. The maximum absolute atomic E-state index is 4.70. The van der Waals surface area contributed by atoms with Gasteiger partial charge in [0, 0.05) is 11.6 Å². The number of hydrogen-bond acceptors (Lipinski definition) is 5. The van der Waals surface area contributed by atoms with E-state index >= 15 is 0 Å². The standard InChI is InChI=1S/C14H13N3S2/c1-9-13(19-10(2)14-15-7-8-18-14)17-12-6-4-3-5-11(12)16-9/h3-8,10H,1-2H3/t10-/m0/s1. The number of thiazole rings is 1. The minimum absolute atomic E-state index is 0.300. The molecule has 0 unspecified atom stereocenters. The van der Waals surface area contributed by atoms with Crippen LogP contribution in [-0.4, -0.2) is 15.0 Å². The lowest BCUT2D eigenvalue weighted by molar-refractivity contribution is 1.00. The number of aryl methyl sites for hydroxylation is 1. The fourth-order valence-electron chi connectivity index (χ4n) is 1.84. The van der Waals surface area contributed by atoms with Crippen LogP contribution < -0.4 is 0 Å². The van der Waals surface area contributed by atoms with Gasteiger partial charge in [-0.3, -0.25) is 0 Å². The summed E-state index contributed by atoms with van der Waals surface area (Å²) in [5.74, 6) is 0. The highest BCUT2D eigenvalue weighted by Gasteiger charge is 2.13. The molecule has 19 heavy (non-hydrogen) atoms. The van der Waals surface area contributed by atoms with Crippen molar-refractivity contribution in [1.82, 2.24) is 15.0 Å². The lowest BCUT2D eigenvalue weighted by Crippen LogP contribution is -1.95. The molecule has 3 nitrogen and oxygen atoms in total. The van der Waals surface area contributed by atoms with Crippen LogP contribution >= 0.6 is 23.1 Å². The van der Waals surface area contributed by atoms with Gasteiger partial charge in [-0.15, -0.1) is 11.3 Å². The molecule has 2 heterocycles. The van der Waals surface area contributed by atoms with Crippen molar-refractivity contribution >= 4 is 34.1 Å². The summed E-state index contributed by atoms with van der Waals surface area (Å²) in [6.45, 7) is 4.16. The predicted octanol–water partition coefficient (Wildman–Crippen LogP) is 4.25. The molecule has 1 atom stereocenters. The summed E-state index contributed by atoms with van der Waals surface area (Å²) in [4.78, 5) is 13.7. The zero-order valence-electron chi connectivity index (χ0n) is 10.7.